The molecule has 0 heterocycles. The van der Waals surface area contributed by atoms with Gasteiger partial charge in [0.2, 0.25) is 0 Å². The summed E-state index contributed by atoms with van der Waals surface area (Å²) in [5.41, 5.74) is 1.66. The molecule has 1 fully saturated rings. The van der Waals surface area contributed by atoms with Crippen LogP contribution in [0.5, 0.6) is 0 Å². The topological polar surface area (TPSA) is 17.1 Å². The van der Waals surface area contributed by atoms with E-state index in [1.54, 1.807) is 5.57 Å². The lowest BCUT2D eigenvalue weighted by atomic mass is 9.88. The van der Waals surface area contributed by atoms with Crippen LogP contribution in [0.4, 0.5) is 0 Å². The van der Waals surface area contributed by atoms with E-state index in [1.807, 2.05) is 0 Å². The minimum atomic E-state index is 0.487. The maximum absolute atomic E-state index is 11.2. The molecule has 0 aromatic rings. The Bertz CT molecular complexity index is 215. The van der Waals surface area contributed by atoms with Crippen molar-refractivity contribution in [2.24, 2.45) is 5.92 Å². The second-order valence-electron chi connectivity index (χ2n) is 3.98. The summed E-state index contributed by atoms with van der Waals surface area (Å²) in [6, 6.07) is 0. The van der Waals surface area contributed by atoms with Gasteiger partial charge in [0.15, 0.2) is 0 Å². The molecule has 0 aromatic carbocycles. The lowest BCUT2D eigenvalue weighted by molar-refractivity contribution is -0.119. The number of Topliss-reactive ketones (excluding diaryl/α,β-unsaturated/α-hetero) is 1. The van der Waals surface area contributed by atoms with Crippen molar-refractivity contribution in [2.45, 2.75) is 44.9 Å². The molecule has 1 nitrogen and oxygen atoms in total. The Labute approximate surface area is 73.8 Å². The predicted octanol–water partition coefficient (Wildman–Crippen LogP) is 2.86. The van der Waals surface area contributed by atoms with Crippen LogP contribution in [0, 0.1) is 5.92 Å². The van der Waals surface area contributed by atoms with Crippen LogP contribution in [0.3, 0.4) is 0 Å². The fourth-order valence-electron chi connectivity index (χ4n) is 2.41. The normalized spacial score (nSPS) is 30.5. The van der Waals surface area contributed by atoms with Crippen molar-refractivity contribution in [3.8, 4) is 0 Å². The molecule has 0 bridgehead atoms. The molecule has 0 spiro atoms. The SMILES string of the molecule is O=C1CCCC2=CCCC2CC1. The Kier molecular flexibility index (Phi) is 2.29. The number of carbonyl (C=O) groups excluding carboxylic acids is 1. The Hall–Kier alpha value is -0.590. The summed E-state index contributed by atoms with van der Waals surface area (Å²) in [5.74, 6) is 1.26. The first-order valence-corrected chi connectivity index (χ1v) is 5.07. The van der Waals surface area contributed by atoms with E-state index in [2.05, 4.69) is 6.08 Å². The summed E-state index contributed by atoms with van der Waals surface area (Å²) in [6.07, 6.45) is 10.0. The van der Waals surface area contributed by atoms with E-state index >= 15 is 0 Å². The smallest absolute Gasteiger partial charge is 0.132 e. The Morgan fingerprint density at radius 1 is 1.17 bits per heavy atom. The van der Waals surface area contributed by atoms with Gasteiger partial charge in [-0.2, -0.15) is 0 Å². The van der Waals surface area contributed by atoms with E-state index in [-0.39, 0.29) is 0 Å². The van der Waals surface area contributed by atoms with E-state index in [0.717, 1.165) is 31.6 Å². The van der Waals surface area contributed by atoms with Gasteiger partial charge in [-0.05, 0) is 38.0 Å². The first kappa shape index (κ1) is 8.03. The first-order valence-electron chi connectivity index (χ1n) is 5.07. The number of hydrogen-bond acceptors (Lipinski definition) is 1. The van der Waals surface area contributed by atoms with E-state index in [9.17, 15) is 4.79 Å². The van der Waals surface area contributed by atoms with Crippen LogP contribution in [0.15, 0.2) is 11.6 Å². The molecule has 0 saturated heterocycles. The summed E-state index contributed by atoms with van der Waals surface area (Å²) >= 11 is 0. The highest BCUT2D eigenvalue weighted by Crippen LogP contribution is 2.34. The van der Waals surface area contributed by atoms with Crippen molar-refractivity contribution < 1.29 is 4.79 Å². The number of rotatable bonds is 0. The van der Waals surface area contributed by atoms with Crippen molar-refractivity contribution in [3.05, 3.63) is 11.6 Å². The van der Waals surface area contributed by atoms with E-state index in [4.69, 9.17) is 0 Å². The fraction of sp³-hybridized carbons (Fsp3) is 0.727. The lowest BCUT2D eigenvalue weighted by Gasteiger charge is -2.17. The zero-order valence-corrected chi connectivity index (χ0v) is 7.51. The zero-order chi connectivity index (χ0) is 8.39. The van der Waals surface area contributed by atoms with Gasteiger partial charge in [0.1, 0.15) is 5.78 Å². The van der Waals surface area contributed by atoms with Crippen molar-refractivity contribution in [2.75, 3.05) is 0 Å². The second kappa shape index (κ2) is 3.42. The molecule has 0 radical (unpaired) electrons. The highest BCUT2D eigenvalue weighted by Gasteiger charge is 2.21. The van der Waals surface area contributed by atoms with Gasteiger partial charge in [0.25, 0.3) is 0 Å². The van der Waals surface area contributed by atoms with Crippen LogP contribution in [-0.4, -0.2) is 5.78 Å². The number of ketones is 1. The Morgan fingerprint density at radius 2 is 2.08 bits per heavy atom. The van der Waals surface area contributed by atoms with Crippen LogP contribution in [0.1, 0.15) is 44.9 Å². The highest BCUT2D eigenvalue weighted by atomic mass is 16.1. The third-order valence-electron chi connectivity index (χ3n) is 3.14. The minimum absolute atomic E-state index is 0.487. The fourth-order valence-corrected chi connectivity index (χ4v) is 2.41. The van der Waals surface area contributed by atoms with Crippen LogP contribution in [0.2, 0.25) is 0 Å². The van der Waals surface area contributed by atoms with Crippen LogP contribution in [-0.2, 0) is 4.79 Å². The van der Waals surface area contributed by atoms with Crippen LogP contribution in [0.25, 0.3) is 0 Å². The molecule has 0 N–H and O–H groups in total. The average molecular weight is 164 g/mol. The highest BCUT2D eigenvalue weighted by molar-refractivity contribution is 5.78. The van der Waals surface area contributed by atoms with Gasteiger partial charge in [-0.1, -0.05) is 11.6 Å². The Balaban J connectivity index is 2.01. The van der Waals surface area contributed by atoms with Gasteiger partial charge in [0.05, 0.1) is 0 Å². The van der Waals surface area contributed by atoms with Gasteiger partial charge >= 0.3 is 0 Å². The van der Waals surface area contributed by atoms with Crippen molar-refractivity contribution in [3.63, 3.8) is 0 Å². The zero-order valence-electron chi connectivity index (χ0n) is 7.51. The van der Waals surface area contributed by atoms with Crippen molar-refractivity contribution in [1.82, 2.24) is 0 Å². The molecule has 2 aliphatic carbocycles. The minimum Gasteiger partial charge on any atom is -0.300 e. The molecular weight excluding hydrogens is 148 g/mol. The van der Waals surface area contributed by atoms with Gasteiger partial charge < -0.3 is 0 Å². The van der Waals surface area contributed by atoms with Gasteiger partial charge in [0, 0.05) is 12.8 Å². The summed E-state index contributed by atoms with van der Waals surface area (Å²) in [7, 11) is 0. The quantitative estimate of drug-likeness (QED) is 0.503. The number of allylic oxidation sites excluding steroid dienone is 2. The summed E-state index contributed by atoms with van der Waals surface area (Å²) in [4.78, 5) is 11.2. The number of carbonyl (C=O) groups is 1. The molecule has 0 aliphatic heterocycles. The van der Waals surface area contributed by atoms with Crippen LogP contribution >= 0.6 is 0 Å². The molecule has 1 unspecified atom stereocenters. The molecule has 0 aromatic heterocycles. The van der Waals surface area contributed by atoms with Gasteiger partial charge in [-0.3, -0.25) is 4.79 Å². The molecule has 1 heteroatoms. The predicted molar refractivity (Wildman–Crippen MR) is 48.9 cm³/mol. The van der Waals surface area contributed by atoms with Crippen molar-refractivity contribution >= 4 is 5.78 Å². The maximum Gasteiger partial charge on any atom is 0.132 e. The summed E-state index contributed by atoms with van der Waals surface area (Å²) < 4.78 is 0. The molecule has 1 atom stereocenters. The van der Waals surface area contributed by atoms with Gasteiger partial charge in [-0.15, -0.1) is 0 Å². The monoisotopic (exact) mass is 164 g/mol. The molecule has 2 aliphatic rings. The first-order chi connectivity index (χ1) is 5.86. The molecule has 2 rings (SSSR count). The average Bonchev–Trinajstić information content (AvgIpc) is 2.45. The lowest BCUT2D eigenvalue weighted by Crippen LogP contribution is -2.09. The van der Waals surface area contributed by atoms with E-state index in [1.165, 1.54) is 19.3 Å². The molecule has 66 valence electrons. The van der Waals surface area contributed by atoms with E-state index in [0.29, 0.717) is 5.78 Å². The largest absolute Gasteiger partial charge is 0.300 e. The molecule has 1 saturated carbocycles. The number of hydrogen-bond donors (Lipinski definition) is 0. The molecule has 0 amide bonds. The Morgan fingerprint density at radius 3 is 3.00 bits per heavy atom. The summed E-state index contributed by atoms with van der Waals surface area (Å²) in [6.45, 7) is 0. The third-order valence-corrected chi connectivity index (χ3v) is 3.14. The second-order valence-corrected chi connectivity index (χ2v) is 3.98. The van der Waals surface area contributed by atoms with E-state index < -0.39 is 0 Å². The summed E-state index contributed by atoms with van der Waals surface area (Å²) in [5, 5.41) is 0. The standard InChI is InChI=1S/C11H16O/c12-11-6-2-5-9-3-1-4-10(9)7-8-11/h3,10H,1-2,4-8H2. The van der Waals surface area contributed by atoms with Crippen molar-refractivity contribution in [1.29, 1.82) is 0 Å². The maximum atomic E-state index is 11.2. The van der Waals surface area contributed by atoms with Crippen LogP contribution < -0.4 is 0 Å². The van der Waals surface area contributed by atoms with Gasteiger partial charge in [-0.25, -0.2) is 0 Å². The molecule has 12 heavy (non-hydrogen) atoms. The third kappa shape index (κ3) is 1.60. The molecular formula is C11H16O. The number of fused-ring (bicyclic) bond motifs is 1.